The van der Waals surface area contributed by atoms with Crippen LogP contribution in [0.2, 0.25) is 0 Å². The summed E-state index contributed by atoms with van der Waals surface area (Å²) in [4.78, 5) is 24.8. The minimum Gasteiger partial charge on any atom is -0.444 e. The quantitative estimate of drug-likeness (QED) is 0.630. The van der Waals surface area contributed by atoms with Gasteiger partial charge in [0.1, 0.15) is 6.07 Å². The van der Waals surface area contributed by atoms with Crippen molar-refractivity contribution in [2.75, 3.05) is 11.1 Å². The van der Waals surface area contributed by atoms with Crippen molar-refractivity contribution in [2.24, 2.45) is 0 Å². The van der Waals surface area contributed by atoms with Gasteiger partial charge in [0.2, 0.25) is 5.91 Å². The first-order valence-corrected chi connectivity index (χ1v) is 8.67. The zero-order valence-corrected chi connectivity index (χ0v) is 14.8. The Hall–Kier alpha value is -2.78. The van der Waals surface area contributed by atoms with Gasteiger partial charge in [-0.1, -0.05) is 29.8 Å². The van der Waals surface area contributed by atoms with E-state index in [-0.39, 0.29) is 11.7 Å². The Morgan fingerprint density at radius 1 is 1.20 bits per heavy atom. The second kappa shape index (κ2) is 8.90. The average molecular weight is 354 g/mol. The molecule has 0 aromatic heterocycles. The van der Waals surface area contributed by atoms with E-state index in [4.69, 9.17) is 10.00 Å². The molecule has 0 saturated carbocycles. The van der Waals surface area contributed by atoms with Crippen LogP contribution in [0.25, 0.3) is 0 Å². The standard InChI is InChI=1S/C19H18N2O3S/c1-13-7-9-15(10-8-13)21-18(22)12-25-17-6-4-3-5-16(17)19(23)24-14(2)11-20/h3-10,14H,12H2,1-2H3,(H,21,22)/t14-/m1/s1. The highest BCUT2D eigenvalue weighted by Crippen LogP contribution is 2.24. The fraction of sp³-hybridized carbons (Fsp3) is 0.211. The summed E-state index contributed by atoms with van der Waals surface area (Å²) in [7, 11) is 0. The molecule has 0 heterocycles. The molecule has 1 amide bonds. The molecule has 0 fully saturated rings. The topological polar surface area (TPSA) is 79.2 Å². The molecule has 128 valence electrons. The number of ether oxygens (including phenoxy) is 1. The van der Waals surface area contributed by atoms with Gasteiger partial charge >= 0.3 is 5.97 Å². The maximum Gasteiger partial charge on any atom is 0.340 e. The number of carbonyl (C=O) groups excluding carboxylic acids is 2. The zero-order valence-electron chi connectivity index (χ0n) is 14.0. The molecule has 0 aliphatic carbocycles. The third kappa shape index (κ3) is 5.66. The van der Waals surface area contributed by atoms with Crippen molar-refractivity contribution in [2.45, 2.75) is 24.8 Å². The molecule has 0 aliphatic heterocycles. The first kappa shape index (κ1) is 18.6. The maximum absolute atomic E-state index is 12.1. The van der Waals surface area contributed by atoms with Gasteiger partial charge in [0.15, 0.2) is 6.10 Å². The molecule has 2 aromatic carbocycles. The van der Waals surface area contributed by atoms with E-state index < -0.39 is 12.1 Å². The lowest BCUT2D eigenvalue weighted by molar-refractivity contribution is -0.113. The van der Waals surface area contributed by atoms with Gasteiger partial charge in [0.25, 0.3) is 0 Å². The summed E-state index contributed by atoms with van der Waals surface area (Å²) in [6, 6.07) is 16.2. The number of amides is 1. The minimum atomic E-state index is -0.824. The van der Waals surface area contributed by atoms with Gasteiger partial charge in [-0.05, 0) is 38.1 Å². The Morgan fingerprint density at radius 2 is 1.88 bits per heavy atom. The highest BCUT2D eigenvalue weighted by atomic mass is 32.2. The summed E-state index contributed by atoms with van der Waals surface area (Å²) in [5, 5.41) is 11.6. The summed E-state index contributed by atoms with van der Waals surface area (Å²) in [5.74, 6) is -0.579. The number of hydrogen-bond donors (Lipinski definition) is 1. The first-order chi connectivity index (χ1) is 12.0. The summed E-state index contributed by atoms with van der Waals surface area (Å²) >= 11 is 1.24. The molecule has 1 N–H and O–H groups in total. The normalized spacial score (nSPS) is 11.2. The van der Waals surface area contributed by atoms with Crippen LogP contribution in [-0.4, -0.2) is 23.7 Å². The van der Waals surface area contributed by atoms with Crippen LogP contribution in [0.4, 0.5) is 5.69 Å². The number of nitrogens with one attached hydrogen (secondary N) is 1. The van der Waals surface area contributed by atoms with E-state index in [2.05, 4.69) is 5.32 Å². The molecular weight excluding hydrogens is 336 g/mol. The van der Waals surface area contributed by atoms with Crippen LogP contribution >= 0.6 is 11.8 Å². The van der Waals surface area contributed by atoms with Crippen molar-refractivity contribution in [1.29, 1.82) is 5.26 Å². The molecule has 6 heteroatoms. The summed E-state index contributed by atoms with van der Waals surface area (Å²) < 4.78 is 5.03. The van der Waals surface area contributed by atoms with Gasteiger partial charge in [-0.2, -0.15) is 5.26 Å². The van der Waals surface area contributed by atoms with E-state index in [0.717, 1.165) is 11.3 Å². The maximum atomic E-state index is 12.1. The zero-order chi connectivity index (χ0) is 18.2. The number of nitriles is 1. The number of hydrogen-bond acceptors (Lipinski definition) is 5. The predicted molar refractivity (Wildman–Crippen MR) is 97.5 cm³/mol. The molecule has 0 aliphatic rings. The number of carbonyl (C=O) groups is 2. The number of nitrogens with zero attached hydrogens (tertiary/aromatic N) is 1. The fourth-order valence-electron chi connectivity index (χ4n) is 1.99. The molecule has 2 aromatic rings. The largest absolute Gasteiger partial charge is 0.444 e. The second-order valence-corrected chi connectivity index (χ2v) is 6.39. The van der Waals surface area contributed by atoms with E-state index in [9.17, 15) is 9.59 Å². The van der Waals surface area contributed by atoms with Gasteiger partial charge in [-0.25, -0.2) is 4.79 Å². The Balaban J connectivity index is 1.98. The van der Waals surface area contributed by atoms with Gasteiger partial charge in [-0.15, -0.1) is 11.8 Å². The molecule has 25 heavy (non-hydrogen) atoms. The van der Waals surface area contributed by atoms with Gasteiger partial charge in [0, 0.05) is 10.6 Å². The van der Waals surface area contributed by atoms with Crippen LogP contribution in [0.3, 0.4) is 0 Å². The molecule has 0 spiro atoms. The smallest absolute Gasteiger partial charge is 0.340 e. The van der Waals surface area contributed by atoms with Gasteiger partial charge < -0.3 is 10.1 Å². The van der Waals surface area contributed by atoms with E-state index in [1.165, 1.54) is 18.7 Å². The predicted octanol–water partition coefficient (Wildman–Crippen LogP) is 3.79. The number of thioether (sulfide) groups is 1. The Kier molecular flexibility index (Phi) is 6.61. The fourth-order valence-corrected chi connectivity index (χ4v) is 2.83. The number of rotatable bonds is 6. The van der Waals surface area contributed by atoms with E-state index in [1.54, 1.807) is 24.3 Å². The third-order valence-corrected chi connectivity index (χ3v) is 4.34. The van der Waals surface area contributed by atoms with Gasteiger partial charge in [-0.3, -0.25) is 4.79 Å². The Morgan fingerprint density at radius 3 is 2.56 bits per heavy atom. The van der Waals surface area contributed by atoms with E-state index in [0.29, 0.717) is 10.5 Å². The van der Waals surface area contributed by atoms with Crippen LogP contribution in [-0.2, 0) is 9.53 Å². The Labute approximate surface area is 151 Å². The highest BCUT2D eigenvalue weighted by molar-refractivity contribution is 8.00. The second-order valence-electron chi connectivity index (χ2n) is 5.38. The van der Waals surface area contributed by atoms with Crippen LogP contribution in [0.1, 0.15) is 22.8 Å². The van der Waals surface area contributed by atoms with Crippen molar-refractivity contribution >= 4 is 29.3 Å². The minimum absolute atomic E-state index is 0.159. The molecular formula is C19H18N2O3S. The Bertz CT molecular complexity index is 797. The van der Waals surface area contributed by atoms with E-state index in [1.807, 2.05) is 37.3 Å². The van der Waals surface area contributed by atoms with Crippen molar-refractivity contribution in [1.82, 2.24) is 0 Å². The molecule has 0 saturated heterocycles. The van der Waals surface area contributed by atoms with Crippen molar-refractivity contribution in [3.63, 3.8) is 0 Å². The molecule has 0 radical (unpaired) electrons. The number of anilines is 1. The van der Waals surface area contributed by atoms with Crippen LogP contribution < -0.4 is 5.32 Å². The molecule has 2 rings (SSSR count). The number of benzene rings is 2. The van der Waals surface area contributed by atoms with E-state index >= 15 is 0 Å². The lowest BCUT2D eigenvalue weighted by atomic mass is 10.2. The summed E-state index contributed by atoms with van der Waals surface area (Å²) in [5.41, 5.74) is 2.19. The highest BCUT2D eigenvalue weighted by Gasteiger charge is 2.16. The SMILES string of the molecule is Cc1ccc(NC(=O)CSc2ccccc2C(=O)O[C@H](C)C#N)cc1. The first-order valence-electron chi connectivity index (χ1n) is 7.68. The average Bonchev–Trinajstić information content (AvgIpc) is 2.62. The molecule has 5 nitrogen and oxygen atoms in total. The monoisotopic (exact) mass is 354 g/mol. The van der Waals surface area contributed by atoms with Crippen molar-refractivity contribution in [3.8, 4) is 6.07 Å². The lowest BCUT2D eigenvalue weighted by Gasteiger charge is -2.10. The van der Waals surface area contributed by atoms with Crippen LogP contribution in [0, 0.1) is 18.3 Å². The third-order valence-electron chi connectivity index (χ3n) is 3.27. The summed E-state index contributed by atoms with van der Waals surface area (Å²) in [6.07, 6.45) is -0.824. The van der Waals surface area contributed by atoms with Gasteiger partial charge in [0.05, 0.1) is 11.3 Å². The van der Waals surface area contributed by atoms with Crippen molar-refractivity contribution in [3.05, 3.63) is 59.7 Å². The molecule has 0 unspecified atom stereocenters. The summed E-state index contributed by atoms with van der Waals surface area (Å²) in [6.45, 7) is 3.48. The number of aryl methyl sites for hydroxylation is 1. The van der Waals surface area contributed by atoms with Crippen LogP contribution in [0.5, 0.6) is 0 Å². The number of esters is 1. The molecule has 1 atom stereocenters. The van der Waals surface area contributed by atoms with Crippen molar-refractivity contribution < 1.29 is 14.3 Å². The van der Waals surface area contributed by atoms with Crippen LogP contribution in [0.15, 0.2) is 53.4 Å². The molecule has 0 bridgehead atoms. The lowest BCUT2D eigenvalue weighted by Crippen LogP contribution is -2.16.